The second-order valence-electron chi connectivity index (χ2n) is 9.67. The van der Waals surface area contributed by atoms with E-state index in [0.717, 1.165) is 17.5 Å². The molecule has 1 amide bonds. The monoisotopic (exact) mass is 522 g/mol. The molecule has 1 aliphatic rings. The first-order valence-corrected chi connectivity index (χ1v) is 13.1. The third-order valence-electron chi connectivity index (χ3n) is 7.11. The van der Waals surface area contributed by atoms with Crippen LogP contribution in [0.1, 0.15) is 56.2 Å². The summed E-state index contributed by atoms with van der Waals surface area (Å²) in [5.41, 5.74) is 1.54. The molecule has 0 bridgehead atoms. The molecule has 0 radical (unpaired) electrons. The Labute approximate surface area is 223 Å². The number of amides is 1. The minimum Gasteiger partial charge on any atom is -0.475 e. The number of piperidine rings is 1. The van der Waals surface area contributed by atoms with Crippen LogP contribution in [0, 0.1) is 5.41 Å². The Morgan fingerprint density at radius 1 is 1.11 bits per heavy atom. The predicted octanol–water partition coefficient (Wildman–Crippen LogP) is 7.89. The van der Waals surface area contributed by atoms with Gasteiger partial charge >= 0.3 is 0 Å². The van der Waals surface area contributed by atoms with Crippen molar-refractivity contribution >= 4 is 29.1 Å². The van der Waals surface area contributed by atoms with Crippen LogP contribution in [0.5, 0.6) is 5.88 Å². The van der Waals surface area contributed by atoms with Crippen LogP contribution < -0.4 is 4.74 Å². The van der Waals surface area contributed by atoms with Gasteiger partial charge in [0.1, 0.15) is 6.61 Å². The van der Waals surface area contributed by atoms with Crippen LogP contribution in [0.15, 0.2) is 85.6 Å². The van der Waals surface area contributed by atoms with Gasteiger partial charge in [-0.3, -0.25) is 4.79 Å². The van der Waals surface area contributed by atoms with Crippen molar-refractivity contribution in [1.29, 1.82) is 0 Å². The average Bonchev–Trinajstić information content (AvgIpc) is 2.88. The second-order valence-corrected chi connectivity index (χ2v) is 10.5. The highest BCUT2D eigenvalue weighted by atomic mass is 35.5. The van der Waals surface area contributed by atoms with Crippen LogP contribution in [-0.4, -0.2) is 28.4 Å². The Morgan fingerprint density at radius 3 is 2.53 bits per heavy atom. The molecule has 1 saturated heterocycles. The number of rotatable bonds is 9. The van der Waals surface area contributed by atoms with Crippen molar-refractivity contribution in [3.8, 4) is 5.88 Å². The van der Waals surface area contributed by atoms with Crippen molar-refractivity contribution in [2.45, 2.75) is 51.1 Å². The van der Waals surface area contributed by atoms with E-state index >= 15 is 0 Å². The first kappa shape index (κ1) is 26.2. The fourth-order valence-corrected chi connectivity index (χ4v) is 5.62. The lowest BCUT2D eigenvalue weighted by Gasteiger charge is -2.52. The number of allylic oxidation sites excluding steroid dienone is 1. The van der Waals surface area contributed by atoms with Gasteiger partial charge in [0.05, 0.1) is 17.5 Å². The summed E-state index contributed by atoms with van der Waals surface area (Å²) in [6, 6.07) is 21.0. The first-order valence-electron chi connectivity index (χ1n) is 12.3. The topological polar surface area (TPSA) is 42.4 Å². The van der Waals surface area contributed by atoms with Crippen molar-refractivity contribution in [3.05, 3.63) is 107 Å². The summed E-state index contributed by atoms with van der Waals surface area (Å²) >= 11 is 12.7. The lowest BCUT2D eigenvalue weighted by Crippen LogP contribution is -2.56. The molecule has 188 valence electrons. The Hall–Kier alpha value is -2.82. The summed E-state index contributed by atoms with van der Waals surface area (Å²) in [5.74, 6) is 0.678. The summed E-state index contributed by atoms with van der Waals surface area (Å²) in [7, 11) is 0. The van der Waals surface area contributed by atoms with Gasteiger partial charge in [-0.25, -0.2) is 4.98 Å². The summed E-state index contributed by atoms with van der Waals surface area (Å²) in [6.45, 7) is 8.44. The van der Waals surface area contributed by atoms with E-state index in [0.29, 0.717) is 35.4 Å². The summed E-state index contributed by atoms with van der Waals surface area (Å²) in [6.07, 6.45) is 5.55. The van der Waals surface area contributed by atoms with Gasteiger partial charge in [0.25, 0.3) is 0 Å². The molecule has 1 unspecified atom stereocenters. The van der Waals surface area contributed by atoms with Crippen molar-refractivity contribution in [1.82, 2.24) is 9.88 Å². The summed E-state index contributed by atoms with van der Waals surface area (Å²) in [4.78, 5) is 20.6. The molecule has 0 aliphatic carbocycles. The SMILES string of the molecule is C=CC[C@@]1(C)C[C@H](c2cccc(Cl)c2)[C@@H](c2ccc(Cl)cc2)N(C(CC)COc2ccccn2)C1=O. The number of carbonyl (C=O) groups excluding carboxylic acids is 1. The highest BCUT2D eigenvalue weighted by Crippen LogP contribution is 2.52. The van der Waals surface area contributed by atoms with Crippen LogP contribution in [-0.2, 0) is 4.79 Å². The minimum absolute atomic E-state index is 0.0245. The maximum atomic E-state index is 14.3. The van der Waals surface area contributed by atoms with Crippen molar-refractivity contribution in [2.24, 2.45) is 5.41 Å². The Kier molecular flexibility index (Phi) is 8.38. The normalized spacial score (nSPS) is 22.8. The molecule has 4 atom stereocenters. The van der Waals surface area contributed by atoms with E-state index in [9.17, 15) is 4.79 Å². The molecule has 6 heteroatoms. The zero-order valence-electron chi connectivity index (χ0n) is 20.7. The van der Waals surface area contributed by atoms with Crippen molar-refractivity contribution in [3.63, 3.8) is 0 Å². The lowest BCUT2D eigenvalue weighted by atomic mass is 9.67. The maximum Gasteiger partial charge on any atom is 0.229 e. The number of halogens is 2. The fourth-order valence-electron chi connectivity index (χ4n) is 5.30. The molecule has 1 fully saturated rings. The largest absolute Gasteiger partial charge is 0.475 e. The molecule has 4 rings (SSSR count). The number of benzene rings is 2. The standard InChI is InChI=1S/C30H32Cl2N2O2/c1-4-16-30(3)19-26(22-9-8-10-24(32)18-22)28(21-12-14-23(31)15-13-21)34(29(30)35)25(5-2)20-36-27-11-6-7-17-33-27/h4,6-15,17-18,25-26,28H,1,5,16,19-20H2,2-3H3/t25?,26-,28-,30+/m1/s1. The van der Waals surface area contributed by atoms with Gasteiger partial charge in [-0.1, -0.05) is 73.5 Å². The Morgan fingerprint density at radius 2 is 1.89 bits per heavy atom. The molecule has 1 aliphatic heterocycles. The molecule has 0 saturated carbocycles. The van der Waals surface area contributed by atoms with Crippen LogP contribution in [0.3, 0.4) is 0 Å². The molecule has 1 aromatic heterocycles. The van der Waals surface area contributed by atoms with Crippen LogP contribution in [0.2, 0.25) is 10.0 Å². The number of hydrogen-bond acceptors (Lipinski definition) is 3. The van der Waals surface area contributed by atoms with Crippen molar-refractivity contribution < 1.29 is 9.53 Å². The molecule has 3 aromatic rings. The van der Waals surface area contributed by atoms with E-state index < -0.39 is 5.41 Å². The number of aromatic nitrogens is 1. The predicted molar refractivity (Wildman–Crippen MR) is 147 cm³/mol. The number of likely N-dealkylation sites (tertiary alicyclic amines) is 1. The zero-order chi connectivity index (χ0) is 25.7. The second kappa shape index (κ2) is 11.5. The quantitative estimate of drug-likeness (QED) is 0.268. The fraction of sp³-hybridized carbons (Fsp3) is 0.333. The van der Waals surface area contributed by atoms with E-state index in [1.165, 1.54) is 0 Å². The van der Waals surface area contributed by atoms with E-state index in [-0.39, 0.29) is 23.9 Å². The number of pyridine rings is 1. The third-order valence-corrected chi connectivity index (χ3v) is 7.60. The van der Waals surface area contributed by atoms with Gasteiger partial charge in [0, 0.05) is 28.2 Å². The van der Waals surface area contributed by atoms with Gasteiger partial charge in [0.15, 0.2) is 0 Å². The minimum atomic E-state index is -0.601. The zero-order valence-corrected chi connectivity index (χ0v) is 22.3. The van der Waals surface area contributed by atoms with Gasteiger partial charge in [-0.15, -0.1) is 6.58 Å². The Balaban J connectivity index is 1.82. The molecule has 2 heterocycles. The third kappa shape index (κ3) is 5.61. The molecular weight excluding hydrogens is 491 g/mol. The van der Waals surface area contributed by atoms with Gasteiger partial charge < -0.3 is 9.64 Å². The Bertz CT molecular complexity index is 1190. The van der Waals surface area contributed by atoms with Crippen LogP contribution in [0.25, 0.3) is 0 Å². The van der Waals surface area contributed by atoms with Gasteiger partial charge in [-0.05, 0) is 60.7 Å². The smallest absolute Gasteiger partial charge is 0.229 e. The average molecular weight is 524 g/mol. The van der Waals surface area contributed by atoms with Crippen molar-refractivity contribution in [2.75, 3.05) is 6.61 Å². The van der Waals surface area contributed by atoms with E-state index in [2.05, 4.69) is 24.6 Å². The summed E-state index contributed by atoms with van der Waals surface area (Å²) in [5, 5.41) is 1.34. The molecule has 0 N–H and O–H groups in total. The first-order chi connectivity index (χ1) is 17.4. The molecule has 2 aromatic carbocycles. The summed E-state index contributed by atoms with van der Waals surface area (Å²) < 4.78 is 6.08. The lowest BCUT2D eigenvalue weighted by molar-refractivity contribution is -0.155. The number of nitrogens with zero attached hydrogens (tertiary/aromatic N) is 2. The maximum absolute atomic E-state index is 14.3. The van der Waals surface area contributed by atoms with Gasteiger partial charge in [0.2, 0.25) is 11.8 Å². The van der Waals surface area contributed by atoms with Gasteiger partial charge in [-0.2, -0.15) is 0 Å². The van der Waals surface area contributed by atoms with Crippen LogP contribution >= 0.6 is 23.2 Å². The number of ether oxygens (including phenoxy) is 1. The van der Waals surface area contributed by atoms with E-state index in [1.54, 1.807) is 6.20 Å². The molecular formula is C30H32Cl2N2O2. The highest BCUT2D eigenvalue weighted by molar-refractivity contribution is 6.30. The molecule has 0 spiro atoms. The van der Waals surface area contributed by atoms with E-state index in [1.807, 2.05) is 78.6 Å². The molecule has 4 nitrogen and oxygen atoms in total. The number of carbonyl (C=O) groups is 1. The highest BCUT2D eigenvalue weighted by Gasteiger charge is 2.51. The van der Waals surface area contributed by atoms with E-state index in [4.69, 9.17) is 27.9 Å². The van der Waals surface area contributed by atoms with Crippen LogP contribution in [0.4, 0.5) is 0 Å². The number of hydrogen-bond donors (Lipinski definition) is 0. The molecule has 36 heavy (non-hydrogen) atoms.